The fourth-order valence-electron chi connectivity index (χ4n) is 2.46. The van der Waals surface area contributed by atoms with Crippen molar-refractivity contribution in [3.05, 3.63) is 35.9 Å². The molecule has 3 N–H and O–H groups in total. The number of nitrogens with two attached hydrogens (primary N) is 1. The zero-order valence-corrected chi connectivity index (χ0v) is 12.1. The first-order chi connectivity index (χ1) is 9.50. The highest BCUT2D eigenvalue weighted by molar-refractivity contribution is 5.74. The summed E-state index contributed by atoms with van der Waals surface area (Å²) in [5, 5.41) is 2.94. The van der Waals surface area contributed by atoms with Crippen molar-refractivity contribution in [1.82, 2.24) is 10.2 Å². The van der Waals surface area contributed by atoms with Gasteiger partial charge in [0.25, 0.3) is 0 Å². The zero-order valence-electron chi connectivity index (χ0n) is 12.1. The molecule has 110 valence electrons. The third-order valence-electron chi connectivity index (χ3n) is 3.32. The summed E-state index contributed by atoms with van der Waals surface area (Å²) in [5.41, 5.74) is 6.40. The van der Waals surface area contributed by atoms with Crippen LogP contribution in [0.1, 0.15) is 19.4 Å². The molecule has 0 spiro atoms. The summed E-state index contributed by atoms with van der Waals surface area (Å²) in [5.74, 6) is 0. The molecular weight excluding hydrogens is 254 g/mol. The molecule has 1 heterocycles. The Hall–Kier alpha value is -1.59. The molecule has 2 rings (SSSR count). The third kappa shape index (κ3) is 3.95. The Morgan fingerprint density at radius 1 is 1.45 bits per heavy atom. The van der Waals surface area contributed by atoms with Crippen LogP contribution in [0, 0.1) is 0 Å². The van der Waals surface area contributed by atoms with Gasteiger partial charge in [-0.1, -0.05) is 30.3 Å². The van der Waals surface area contributed by atoms with E-state index in [0.717, 1.165) is 5.56 Å². The van der Waals surface area contributed by atoms with Gasteiger partial charge in [0.15, 0.2) is 0 Å². The van der Waals surface area contributed by atoms with Gasteiger partial charge in [0.1, 0.15) is 0 Å². The van der Waals surface area contributed by atoms with E-state index in [1.807, 2.05) is 44.2 Å². The van der Waals surface area contributed by atoms with E-state index in [0.29, 0.717) is 26.2 Å². The first-order valence-corrected chi connectivity index (χ1v) is 6.95. The Morgan fingerprint density at radius 3 is 2.80 bits per heavy atom. The molecule has 0 aromatic heterocycles. The van der Waals surface area contributed by atoms with Crippen molar-refractivity contribution in [2.75, 3.05) is 19.6 Å². The maximum Gasteiger partial charge on any atom is 0.317 e. The van der Waals surface area contributed by atoms with Gasteiger partial charge in [0, 0.05) is 19.6 Å². The number of amides is 2. The van der Waals surface area contributed by atoms with Crippen molar-refractivity contribution in [1.29, 1.82) is 0 Å². The van der Waals surface area contributed by atoms with Crippen molar-refractivity contribution in [2.24, 2.45) is 5.73 Å². The van der Waals surface area contributed by atoms with Gasteiger partial charge in [0.05, 0.1) is 18.2 Å². The molecule has 0 aliphatic carbocycles. The smallest absolute Gasteiger partial charge is 0.317 e. The quantitative estimate of drug-likeness (QED) is 0.876. The number of hydrogen-bond acceptors (Lipinski definition) is 3. The van der Waals surface area contributed by atoms with Crippen molar-refractivity contribution < 1.29 is 9.53 Å². The van der Waals surface area contributed by atoms with Crippen LogP contribution in [0.5, 0.6) is 0 Å². The number of urea groups is 1. The summed E-state index contributed by atoms with van der Waals surface area (Å²) in [6.07, 6.45) is -0.0961. The minimum Gasteiger partial charge on any atom is -0.367 e. The van der Waals surface area contributed by atoms with Crippen LogP contribution in [0.15, 0.2) is 30.3 Å². The van der Waals surface area contributed by atoms with Gasteiger partial charge < -0.3 is 20.7 Å². The molecule has 0 saturated carbocycles. The standard InChI is InChI=1S/C15H23N3O2/c1-15(2)11-18(10-13(8-16)20-15)14(19)17-9-12-6-4-3-5-7-12/h3-7,13H,8-11,16H2,1-2H3,(H,17,19). The lowest BCUT2D eigenvalue weighted by atomic mass is 10.1. The second-order valence-corrected chi connectivity index (χ2v) is 5.76. The summed E-state index contributed by atoms with van der Waals surface area (Å²) in [4.78, 5) is 14.0. The summed E-state index contributed by atoms with van der Waals surface area (Å²) in [6, 6.07) is 9.80. The minimum atomic E-state index is -0.355. The predicted molar refractivity (Wildman–Crippen MR) is 78.3 cm³/mol. The largest absolute Gasteiger partial charge is 0.367 e. The Kier molecular flexibility index (Phi) is 4.62. The number of ether oxygens (including phenoxy) is 1. The summed E-state index contributed by atoms with van der Waals surface area (Å²) >= 11 is 0. The monoisotopic (exact) mass is 277 g/mol. The highest BCUT2D eigenvalue weighted by Crippen LogP contribution is 2.20. The number of nitrogens with one attached hydrogen (secondary N) is 1. The molecule has 1 aromatic carbocycles. The van der Waals surface area contributed by atoms with Crippen molar-refractivity contribution >= 4 is 6.03 Å². The number of carbonyl (C=O) groups excluding carboxylic acids is 1. The molecule has 0 bridgehead atoms. The average molecular weight is 277 g/mol. The number of benzene rings is 1. The average Bonchev–Trinajstić information content (AvgIpc) is 2.44. The third-order valence-corrected chi connectivity index (χ3v) is 3.32. The maximum atomic E-state index is 12.2. The molecule has 2 amide bonds. The number of nitrogens with zero attached hydrogens (tertiary/aromatic N) is 1. The molecule has 1 atom stereocenters. The highest BCUT2D eigenvalue weighted by Gasteiger charge is 2.34. The molecular formula is C15H23N3O2. The Morgan fingerprint density at radius 2 is 2.15 bits per heavy atom. The van der Waals surface area contributed by atoms with Crippen LogP contribution < -0.4 is 11.1 Å². The zero-order chi connectivity index (χ0) is 14.6. The van der Waals surface area contributed by atoms with E-state index in [1.54, 1.807) is 4.90 Å². The van der Waals surface area contributed by atoms with Gasteiger partial charge in [-0.2, -0.15) is 0 Å². The molecule has 1 fully saturated rings. The van der Waals surface area contributed by atoms with Gasteiger partial charge in [0.2, 0.25) is 0 Å². The minimum absolute atomic E-state index is 0.0660. The van der Waals surface area contributed by atoms with Gasteiger partial charge in [-0.3, -0.25) is 0 Å². The first kappa shape index (κ1) is 14.8. The second kappa shape index (κ2) is 6.24. The molecule has 1 aliphatic heterocycles. The van der Waals surface area contributed by atoms with E-state index in [2.05, 4.69) is 5.32 Å². The molecule has 5 nitrogen and oxygen atoms in total. The number of carbonyl (C=O) groups is 1. The summed E-state index contributed by atoms with van der Waals surface area (Å²) < 4.78 is 5.82. The van der Waals surface area contributed by atoms with E-state index < -0.39 is 0 Å². The number of morpholine rings is 1. The Balaban J connectivity index is 1.91. The fraction of sp³-hybridized carbons (Fsp3) is 0.533. The molecule has 1 saturated heterocycles. The Labute approximate surface area is 120 Å². The second-order valence-electron chi connectivity index (χ2n) is 5.76. The normalized spacial score (nSPS) is 21.6. The van der Waals surface area contributed by atoms with Gasteiger partial charge in [-0.25, -0.2) is 4.79 Å². The topological polar surface area (TPSA) is 67.6 Å². The maximum absolute atomic E-state index is 12.2. The summed E-state index contributed by atoms with van der Waals surface area (Å²) in [7, 11) is 0. The van der Waals surface area contributed by atoms with Crippen LogP contribution >= 0.6 is 0 Å². The molecule has 1 unspecified atom stereocenters. The van der Waals surface area contributed by atoms with E-state index >= 15 is 0 Å². The molecule has 0 radical (unpaired) electrons. The van der Waals surface area contributed by atoms with Crippen LogP contribution in [0.2, 0.25) is 0 Å². The molecule has 5 heteroatoms. The van der Waals surface area contributed by atoms with Crippen LogP contribution in [0.4, 0.5) is 4.79 Å². The Bertz CT molecular complexity index is 448. The fourth-order valence-corrected chi connectivity index (χ4v) is 2.46. The lowest BCUT2D eigenvalue weighted by Gasteiger charge is -2.42. The summed E-state index contributed by atoms with van der Waals surface area (Å²) in [6.45, 7) is 6.03. The van der Waals surface area contributed by atoms with Crippen LogP contribution in [0.25, 0.3) is 0 Å². The number of hydrogen-bond donors (Lipinski definition) is 2. The predicted octanol–water partition coefficient (Wildman–Crippen LogP) is 1.33. The van der Waals surface area contributed by atoms with Crippen LogP contribution in [-0.4, -0.2) is 42.3 Å². The van der Waals surface area contributed by atoms with Crippen molar-refractivity contribution in [3.8, 4) is 0 Å². The molecule has 20 heavy (non-hydrogen) atoms. The van der Waals surface area contributed by atoms with Gasteiger partial charge >= 0.3 is 6.03 Å². The van der Waals surface area contributed by atoms with Gasteiger partial charge in [-0.05, 0) is 19.4 Å². The number of rotatable bonds is 3. The van der Waals surface area contributed by atoms with E-state index in [-0.39, 0.29) is 17.7 Å². The van der Waals surface area contributed by atoms with E-state index in [1.165, 1.54) is 0 Å². The van der Waals surface area contributed by atoms with Gasteiger partial charge in [-0.15, -0.1) is 0 Å². The lowest BCUT2D eigenvalue weighted by Crippen LogP contribution is -2.58. The van der Waals surface area contributed by atoms with E-state index in [4.69, 9.17) is 10.5 Å². The first-order valence-electron chi connectivity index (χ1n) is 6.95. The van der Waals surface area contributed by atoms with Crippen LogP contribution in [0.3, 0.4) is 0 Å². The SMILES string of the molecule is CC1(C)CN(C(=O)NCc2ccccc2)CC(CN)O1. The van der Waals surface area contributed by atoms with Crippen molar-refractivity contribution in [3.63, 3.8) is 0 Å². The van der Waals surface area contributed by atoms with Crippen LogP contribution in [-0.2, 0) is 11.3 Å². The van der Waals surface area contributed by atoms with Crippen molar-refractivity contribution in [2.45, 2.75) is 32.1 Å². The molecule has 1 aromatic rings. The molecule has 1 aliphatic rings. The lowest BCUT2D eigenvalue weighted by molar-refractivity contribution is -0.120. The highest BCUT2D eigenvalue weighted by atomic mass is 16.5. The van der Waals surface area contributed by atoms with E-state index in [9.17, 15) is 4.79 Å².